The Hall–Kier alpha value is -3.18. The molecule has 0 aliphatic rings. The van der Waals surface area contributed by atoms with Crippen molar-refractivity contribution in [3.8, 4) is 5.75 Å². The fourth-order valence-corrected chi connectivity index (χ4v) is 3.53. The van der Waals surface area contributed by atoms with Crippen molar-refractivity contribution in [1.29, 1.82) is 5.41 Å². The van der Waals surface area contributed by atoms with Crippen molar-refractivity contribution >= 4 is 46.8 Å². The van der Waals surface area contributed by atoms with Gasteiger partial charge in [-0.15, -0.1) is 0 Å². The highest BCUT2D eigenvalue weighted by molar-refractivity contribution is 6.42. The second kappa shape index (κ2) is 13.2. The zero-order chi connectivity index (χ0) is 26.9. The summed E-state index contributed by atoms with van der Waals surface area (Å²) < 4.78 is 5.96. The molecule has 2 rings (SSSR count). The van der Waals surface area contributed by atoms with E-state index in [1.54, 1.807) is 48.5 Å². The molecule has 2 aromatic rings. The van der Waals surface area contributed by atoms with E-state index in [9.17, 15) is 14.4 Å². The van der Waals surface area contributed by atoms with Crippen LogP contribution in [-0.2, 0) is 20.9 Å². The zero-order valence-corrected chi connectivity index (χ0v) is 21.2. The molecule has 12 heteroatoms. The van der Waals surface area contributed by atoms with Gasteiger partial charge in [-0.05, 0) is 49.6 Å². The maximum Gasteiger partial charge on any atom is 0.320 e. The molecular weight excluding hydrogens is 509 g/mol. The molecular formula is C24H29Cl2N5O5. The number of para-hydroxylation sites is 1. The SMILES string of the molecule is CC(NCc1ccc(Cl)c(Cl)c1)(Oc1ccccc1)C(=O)CC(=O)N(CCCC(N)C(=O)O)C(=N)N. The van der Waals surface area contributed by atoms with Crippen molar-refractivity contribution in [1.82, 2.24) is 10.2 Å². The summed E-state index contributed by atoms with van der Waals surface area (Å²) in [5.74, 6) is -2.67. The van der Waals surface area contributed by atoms with Crippen LogP contribution in [0.1, 0.15) is 31.7 Å². The zero-order valence-electron chi connectivity index (χ0n) is 19.7. The summed E-state index contributed by atoms with van der Waals surface area (Å²) in [6.45, 7) is 1.61. The van der Waals surface area contributed by atoms with Gasteiger partial charge in [-0.2, -0.15) is 0 Å². The third-order valence-corrected chi connectivity index (χ3v) is 6.07. The van der Waals surface area contributed by atoms with E-state index in [1.807, 2.05) is 0 Å². The minimum Gasteiger partial charge on any atom is -0.480 e. The number of aliphatic carboxylic acids is 1. The number of carbonyl (C=O) groups excluding carboxylic acids is 2. The van der Waals surface area contributed by atoms with E-state index < -0.39 is 41.8 Å². The van der Waals surface area contributed by atoms with Crippen molar-refractivity contribution in [2.24, 2.45) is 11.5 Å². The lowest BCUT2D eigenvalue weighted by molar-refractivity contribution is -0.142. The quantitative estimate of drug-likeness (QED) is 0.112. The van der Waals surface area contributed by atoms with Gasteiger partial charge in [0, 0.05) is 13.1 Å². The van der Waals surface area contributed by atoms with E-state index in [-0.39, 0.29) is 25.9 Å². The Morgan fingerprint density at radius 1 is 1.17 bits per heavy atom. The summed E-state index contributed by atoms with van der Waals surface area (Å²) in [6, 6.07) is 12.5. The van der Waals surface area contributed by atoms with Gasteiger partial charge in [-0.3, -0.25) is 30.0 Å². The van der Waals surface area contributed by atoms with E-state index in [4.69, 9.17) is 49.9 Å². The molecule has 2 aromatic carbocycles. The first kappa shape index (κ1) is 29.1. The Morgan fingerprint density at radius 3 is 2.42 bits per heavy atom. The Balaban J connectivity index is 2.16. The minimum absolute atomic E-state index is 0.0601. The Kier molecular flexibility index (Phi) is 10.7. The maximum atomic E-state index is 13.3. The molecule has 36 heavy (non-hydrogen) atoms. The van der Waals surface area contributed by atoms with Crippen LogP contribution in [0.25, 0.3) is 0 Å². The number of nitrogens with two attached hydrogens (primary N) is 2. The number of halogens is 2. The molecule has 2 atom stereocenters. The number of benzene rings is 2. The lowest BCUT2D eigenvalue weighted by Gasteiger charge is -2.31. The van der Waals surface area contributed by atoms with Crippen LogP contribution in [0.3, 0.4) is 0 Å². The van der Waals surface area contributed by atoms with Gasteiger partial charge in [0.2, 0.25) is 17.4 Å². The maximum absolute atomic E-state index is 13.3. The van der Waals surface area contributed by atoms with Gasteiger partial charge < -0.3 is 21.3 Å². The molecule has 0 aromatic heterocycles. The Bertz CT molecular complexity index is 1100. The van der Waals surface area contributed by atoms with E-state index in [2.05, 4.69) is 5.32 Å². The summed E-state index contributed by atoms with van der Waals surface area (Å²) in [5, 5.41) is 20.4. The largest absolute Gasteiger partial charge is 0.480 e. The van der Waals surface area contributed by atoms with Crippen LogP contribution < -0.4 is 21.5 Å². The van der Waals surface area contributed by atoms with E-state index in [0.29, 0.717) is 15.8 Å². The topological polar surface area (TPSA) is 172 Å². The number of amides is 1. The monoisotopic (exact) mass is 537 g/mol. The number of Topliss-reactive ketones (excluding diaryl/α,β-unsaturated/α-hetero) is 1. The van der Waals surface area contributed by atoms with Gasteiger partial charge in [0.15, 0.2) is 5.96 Å². The van der Waals surface area contributed by atoms with E-state index in [0.717, 1.165) is 10.5 Å². The van der Waals surface area contributed by atoms with Gasteiger partial charge in [0.25, 0.3) is 0 Å². The summed E-state index contributed by atoms with van der Waals surface area (Å²) in [7, 11) is 0. The molecule has 0 radical (unpaired) electrons. The number of ketones is 1. The average Bonchev–Trinajstić information content (AvgIpc) is 2.82. The molecule has 0 saturated heterocycles. The van der Waals surface area contributed by atoms with Crippen LogP contribution in [0.2, 0.25) is 10.0 Å². The third kappa shape index (κ3) is 8.49. The molecule has 0 spiro atoms. The van der Waals surface area contributed by atoms with E-state index >= 15 is 0 Å². The van der Waals surface area contributed by atoms with Gasteiger partial charge in [0.05, 0.1) is 16.5 Å². The van der Waals surface area contributed by atoms with Gasteiger partial charge in [-0.25, -0.2) is 0 Å². The van der Waals surface area contributed by atoms with Crippen molar-refractivity contribution in [3.05, 3.63) is 64.1 Å². The third-order valence-electron chi connectivity index (χ3n) is 5.33. The Labute approximate surface area is 219 Å². The standard InChI is InChI=1S/C24H29Cl2N5O5/c1-24(36-16-6-3-2-4-7-16,30-14-15-9-10-17(25)18(26)12-15)20(32)13-21(33)31(23(28)29)11-5-8-19(27)22(34)35/h2-4,6-7,9-10,12,19,30H,5,8,11,13-14,27H2,1H3,(H3,28,29)(H,34,35). The van der Waals surface area contributed by atoms with Crippen LogP contribution in [0.5, 0.6) is 5.75 Å². The number of ether oxygens (including phenoxy) is 1. The number of hydrogen-bond donors (Lipinski definition) is 5. The van der Waals surface area contributed by atoms with Crippen LogP contribution >= 0.6 is 23.2 Å². The first-order valence-electron chi connectivity index (χ1n) is 11.0. The van der Waals surface area contributed by atoms with Crippen LogP contribution in [0, 0.1) is 5.41 Å². The predicted octanol–water partition coefficient (Wildman–Crippen LogP) is 2.75. The number of hydrogen-bond acceptors (Lipinski definition) is 7. The summed E-state index contributed by atoms with van der Waals surface area (Å²) in [5.41, 5.74) is 10.1. The predicted molar refractivity (Wildman–Crippen MR) is 137 cm³/mol. The summed E-state index contributed by atoms with van der Waals surface area (Å²) >= 11 is 12.1. The molecule has 0 aliphatic carbocycles. The highest BCUT2D eigenvalue weighted by atomic mass is 35.5. The second-order valence-corrected chi connectivity index (χ2v) is 8.98. The number of nitrogens with one attached hydrogen (secondary N) is 2. The fourth-order valence-electron chi connectivity index (χ4n) is 3.21. The molecule has 0 fully saturated rings. The fraction of sp³-hybridized carbons (Fsp3) is 0.333. The molecule has 10 nitrogen and oxygen atoms in total. The molecule has 194 valence electrons. The highest BCUT2D eigenvalue weighted by Crippen LogP contribution is 2.24. The number of guanidine groups is 1. The number of carboxylic acids is 1. The minimum atomic E-state index is -1.63. The van der Waals surface area contributed by atoms with E-state index in [1.165, 1.54) is 6.92 Å². The number of nitrogens with zero attached hydrogens (tertiary/aromatic N) is 1. The molecule has 2 unspecified atom stereocenters. The van der Waals surface area contributed by atoms with Crippen molar-refractivity contribution in [2.75, 3.05) is 6.54 Å². The normalized spacial score (nSPS) is 13.3. The molecule has 0 saturated carbocycles. The lowest BCUT2D eigenvalue weighted by Crippen LogP contribution is -2.55. The van der Waals surface area contributed by atoms with Gasteiger partial charge in [-0.1, -0.05) is 47.5 Å². The molecule has 7 N–H and O–H groups in total. The van der Waals surface area contributed by atoms with Crippen molar-refractivity contribution in [2.45, 2.75) is 44.5 Å². The smallest absolute Gasteiger partial charge is 0.320 e. The lowest BCUT2D eigenvalue weighted by atomic mass is 10.0. The molecule has 0 aliphatic heterocycles. The van der Waals surface area contributed by atoms with Crippen molar-refractivity contribution < 1.29 is 24.2 Å². The van der Waals surface area contributed by atoms with Crippen LogP contribution in [-0.4, -0.2) is 51.9 Å². The molecule has 1 amide bonds. The number of carbonyl (C=O) groups is 3. The Morgan fingerprint density at radius 2 is 1.83 bits per heavy atom. The van der Waals surface area contributed by atoms with Crippen molar-refractivity contribution in [3.63, 3.8) is 0 Å². The van der Waals surface area contributed by atoms with Crippen LogP contribution in [0.4, 0.5) is 0 Å². The average molecular weight is 538 g/mol. The highest BCUT2D eigenvalue weighted by Gasteiger charge is 2.37. The molecule has 0 heterocycles. The summed E-state index contributed by atoms with van der Waals surface area (Å²) in [4.78, 5) is 38.0. The van der Waals surface area contributed by atoms with Gasteiger partial charge in [0.1, 0.15) is 11.8 Å². The first-order valence-corrected chi connectivity index (χ1v) is 11.8. The second-order valence-electron chi connectivity index (χ2n) is 8.17. The first-order chi connectivity index (χ1) is 16.9. The van der Waals surface area contributed by atoms with Gasteiger partial charge >= 0.3 is 5.97 Å². The number of rotatable bonds is 13. The summed E-state index contributed by atoms with van der Waals surface area (Å²) in [6.07, 6.45) is -0.372. The molecule has 0 bridgehead atoms. The van der Waals surface area contributed by atoms with Crippen LogP contribution in [0.15, 0.2) is 48.5 Å². The number of carboxylic acid groups (broad SMARTS) is 1.